The molecule has 8 nitrogen and oxygen atoms in total. The molecular formula is C14H17FN2O6. The second-order valence-corrected chi connectivity index (χ2v) is 4.46. The van der Waals surface area contributed by atoms with E-state index in [9.17, 15) is 24.1 Å². The normalized spacial score (nSPS) is 11.5. The maximum absolute atomic E-state index is 14.0. The molecule has 1 aromatic carbocycles. The molecule has 1 atom stereocenters. The molecule has 0 aromatic heterocycles. The van der Waals surface area contributed by atoms with E-state index in [2.05, 4.69) is 10.1 Å². The Kier molecular flexibility index (Phi) is 6.43. The van der Waals surface area contributed by atoms with Crippen molar-refractivity contribution >= 4 is 23.3 Å². The number of nitrogens with one attached hydrogen (secondary N) is 1. The highest BCUT2D eigenvalue weighted by Crippen LogP contribution is 2.29. The van der Waals surface area contributed by atoms with E-state index in [1.54, 1.807) is 13.8 Å². The molecule has 1 N–H and O–H groups in total. The maximum atomic E-state index is 14.0. The Morgan fingerprint density at radius 3 is 2.52 bits per heavy atom. The van der Waals surface area contributed by atoms with Gasteiger partial charge in [-0.2, -0.15) is 0 Å². The fraction of sp³-hybridized carbons (Fsp3) is 0.429. The molecule has 0 spiro atoms. The van der Waals surface area contributed by atoms with Crippen LogP contribution in [-0.2, 0) is 14.3 Å². The van der Waals surface area contributed by atoms with Gasteiger partial charge in [0.1, 0.15) is 23.1 Å². The van der Waals surface area contributed by atoms with Crippen LogP contribution in [0, 0.1) is 15.9 Å². The van der Waals surface area contributed by atoms with Crippen LogP contribution in [0.15, 0.2) is 12.1 Å². The number of nitrogens with zero attached hydrogens (tertiary/aromatic N) is 1. The number of nitro groups is 1. The molecule has 0 heterocycles. The van der Waals surface area contributed by atoms with Crippen molar-refractivity contribution in [1.82, 2.24) is 0 Å². The molecule has 0 bridgehead atoms. The molecule has 0 aliphatic carbocycles. The molecule has 23 heavy (non-hydrogen) atoms. The summed E-state index contributed by atoms with van der Waals surface area (Å²) in [6.07, 6.45) is 0.274. The van der Waals surface area contributed by atoms with E-state index in [1.165, 1.54) is 0 Å². The molecular weight excluding hydrogens is 311 g/mol. The van der Waals surface area contributed by atoms with Gasteiger partial charge in [0, 0.05) is 12.1 Å². The molecule has 1 unspecified atom stereocenters. The van der Waals surface area contributed by atoms with Crippen LogP contribution in [0.3, 0.4) is 0 Å². The van der Waals surface area contributed by atoms with Gasteiger partial charge in [0.2, 0.25) is 0 Å². The van der Waals surface area contributed by atoms with Crippen molar-refractivity contribution in [3.8, 4) is 0 Å². The van der Waals surface area contributed by atoms with Gasteiger partial charge in [-0.1, -0.05) is 6.92 Å². The highest BCUT2D eigenvalue weighted by Gasteiger charge is 2.26. The van der Waals surface area contributed by atoms with Crippen LogP contribution in [0.1, 0.15) is 30.6 Å². The maximum Gasteiger partial charge on any atom is 0.341 e. The lowest BCUT2D eigenvalue weighted by Gasteiger charge is -2.17. The van der Waals surface area contributed by atoms with Crippen molar-refractivity contribution in [3.05, 3.63) is 33.6 Å². The second kappa shape index (κ2) is 8.06. The van der Waals surface area contributed by atoms with Gasteiger partial charge in [0.25, 0.3) is 5.69 Å². The highest BCUT2D eigenvalue weighted by atomic mass is 19.1. The molecule has 0 amide bonds. The standard InChI is InChI=1S/C14H17FN2O6/c1-4-10(14(19)23-5-2)16-11-7-9(15)8(13(18)22-3)6-12(11)17(20)21/h6-7,10,16H,4-5H2,1-3H3. The number of methoxy groups -OCH3 is 1. The lowest BCUT2D eigenvalue weighted by molar-refractivity contribution is -0.384. The zero-order valence-corrected chi connectivity index (χ0v) is 12.9. The molecule has 0 aliphatic heterocycles. The van der Waals surface area contributed by atoms with E-state index in [0.717, 1.165) is 19.2 Å². The van der Waals surface area contributed by atoms with Gasteiger partial charge in [-0.3, -0.25) is 10.1 Å². The quantitative estimate of drug-likeness (QED) is 0.464. The van der Waals surface area contributed by atoms with E-state index >= 15 is 0 Å². The minimum Gasteiger partial charge on any atom is -0.465 e. The van der Waals surface area contributed by atoms with E-state index in [4.69, 9.17) is 4.74 Å². The first kappa shape index (κ1) is 18.3. The van der Waals surface area contributed by atoms with E-state index < -0.39 is 40.0 Å². The average Bonchev–Trinajstić information content (AvgIpc) is 2.51. The highest BCUT2D eigenvalue weighted by molar-refractivity contribution is 5.92. The van der Waals surface area contributed by atoms with Crippen LogP contribution in [0.4, 0.5) is 15.8 Å². The van der Waals surface area contributed by atoms with Gasteiger partial charge in [-0.05, 0) is 13.3 Å². The van der Waals surface area contributed by atoms with Gasteiger partial charge >= 0.3 is 11.9 Å². The lowest BCUT2D eigenvalue weighted by atomic mass is 10.1. The summed E-state index contributed by atoms with van der Waals surface area (Å²) in [5, 5.41) is 13.7. The fourth-order valence-electron chi connectivity index (χ4n) is 1.85. The largest absolute Gasteiger partial charge is 0.465 e. The molecule has 0 aliphatic rings. The number of nitro benzene ring substituents is 1. The van der Waals surface area contributed by atoms with Gasteiger partial charge in [-0.15, -0.1) is 0 Å². The number of ether oxygens (including phenoxy) is 2. The summed E-state index contributed by atoms with van der Waals surface area (Å²) in [4.78, 5) is 33.5. The van der Waals surface area contributed by atoms with E-state index in [-0.39, 0.29) is 18.7 Å². The molecule has 1 aromatic rings. The molecule has 0 radical (unpaired) electrons. The van der Waals surface area contributed by atoms with Crippen molar-refractivity contribution in [3.63, 3.8) is 0 Å². The van der Waals surface area contributed by atoms with Crippen LogP contribution in [-0.4, -0.2) is 36.6 Å². The third-order valence-electron chi connectivity index (χ3n) is 3.00. The zero-order valence-electron chi connectivity index (χ0n) is 12.9. The summed E-state index contributed by atoms with van der Waals surface area (Å²) in [6, 6.07) is 0.671. The van der Waals surface area contributed by atoms with Gasteiger partial charge in [0.15, 0.2) is 0 Å². The summed E-state index contributed by atoms with van der Waals surface area (Å²) < 4.78 is 23.2. The fourth-order valence-corrected chi connectivity index (χ4v) is 1.85. The van der Waals surface area contributed by atoms with Gasteiger partial charge in [-0.25, -0.2) is 14.0 Å². The molecule has 126 valence electrons. The summed E-state index contributed by atoms with van der Waals surface area (Å²) in [7, 11) is 1.04. The number of rotatable bonds is 7. The number of benzene rings is 1. The first-order valence-corrected chi connectivity index (χ1v) is 6.85. The van der Waals surface area contributed by atoms with Crippen molar-refractivity contribution < 1.29 is 28.4 Å². The Morgan fingerprint density at radius 1 is 1.39 bits per heavy atom. The topological polar surface area (TPSA) is 108 Å². The van der Waals surface area contributed by atoms with Crippen LogP contribution >= 0.6 is 0 Å². The third-order valence-corrected chi connectivity index (χ3v) is 3.00. The summed E-state index contributed by atoms with van der Waals surface area (Å²) in [5.41, 5.74) is -1.33. The Labute approximate surface area is 131 Å². The van der Waals surface area contributed by atoms with Crippen molar-refractivity contribution in [2.75, 3.05) is 19.0 Å². The van der Waals surface area contributed by atoms with Crippen molar-refractivity contribution in [1.29, 1.82) is 0 Å². The van der Waals surface area contributed by atoms with Crippen molar-refractivity contribution in [2.45, 2.75) is 26.3 Å². The smallest absolute Gasteiger partial charge is 0.341 e. The predicted octanol–water partition coefficient (Wildman–Crippen LogP) is 2.27. The lowest BCUT2D eigenvalue weighted by Crippen LogP contribution is -2.31. The number of hydrogen-bond acceptors (Lipinski definition) is 7. The Hall–Kier alpha value is -2.71. The minimum absolute atomic E-state index is 0.148. The molecule has 0 saturated carbocycles. The first-order chi connectivity index (χ1) is 10.8. The SMILES string of the molecule is CCOC(=O)C(CC)Nc1cc(F)c(C(=O)OC)cc1[N+](=O)[O-]. The molecule has 1 rings (SSSR count). The van der Waals surface area contributed by atoms with Crippen LogP contribution in [0.25, 0.3) is 0 Å². The van der Waals surface area contributed by atoms with E-state index in [1.807, 2.05) is 0 Å². The summed E-state index contributed by atoms with van der Waals surface area (Å²) in [5.74, 6) is -2.64. The van der Waals surface area contributed by atoms with Gasteiger partial charge < -0.3 is 14.8 Å². The number of carbonyl (C=O) groups excluding carboxylic acids is 2. The Balaban J connectivity index is 3.24. The molecule has 0 fully saturated rings. The Morgan fingerprint density at radius 2 is 2.04 bits per heavy atom. The van der Waals surface area contributed by atoms with Crippen LogP contribution in [0.5, 0.6) is 0 Å². The van der Waals surface area contributed by atoms with E-state index in [0.29, 0.717) is 0 Å². The molecule has 0 saturated heterocycles. The number of anilines is 1. The monoisotopic (exact) mass is 328 g/mol. The number of carbonyl (C=O) groups is 2. The average molecular weight is 328 g/mol. The van der Waals surface area contributed by atoms with Crippen LogP contribution < -0.4 is 5.32 Å². The van der Waals surface area contributed by atoms with Gasteiger partial charge in [0.05, 0.1) is 18.6 Å². The number of halogens is 1. The summed E-state index contributed by atoms with van der Waals surface area (Å²) >= 11 is 0. The second-order valence-electron chi connectivity index (χ2n) is 4.46. The third kappa shape index (κ3) is 4.38. The minimum atomic E-state index is -1.03. The zero-order chi connectivity index (χ0) is 17.6. The predicted molar refractivity (Wildman–Crippen MR) is 78.7 cm³/mol. The summed E-state index contributed by atoms with van der Waals surface area (Å²) in [6.45, 7) is 3.44. The number of hydrogen-bond donors (Lipinski definition) is 1. The first-order valence-electron chi connectivity index (χ1n) is 6.85. The Bertz CT molecular complexity index is 620. The van der Waals surface area contributed by atoms with Crippen molar-refractivity contribution in [2.24, 2.45) is 0 Å². The van der Waals surface area contributed by atoms with Crippen LogP contribution in [0.2, 0.25) is 0 Å². The number of esters is 2. The molecule has 9 heteroatoms.